The Hall–Kier alpha value is -0.770. The molecular weight excluding hydrogens is 224 g/mol. The Morgan fingerprint density at radius 2 is 2.12 bits per heavy atom. The fourth-order valence-corrected chi connectivity index (χ4v) is 1.81. The van der Waals surface area contributed by atoms with Crippen LogP contribution in [0.2, 0.25) is 5.02 Å². The minimum Gasteiger partial charge on any atom is -0.398 e. The summed E-state index contributed by atoms with van der Waals surface area (Å²) in [5, 5.41) is 10.5. The molecule has 0 radical (unpaired) electrons. The number of aliphatic hydroxyl groups excluding tert-OH is 1. The van der Waals surface area contributed by atoms with E-state index >= 15 is 0 Å². The van der Waals surface area contributed by atoms with Crippen molar-refractivity contribution in [2.75, 3.05) is 5.73 Å². The number of aliphatic hydroxyl groups is 1. The number of hydrogen-bond acceptors (Lipinski definition) is 3. The molecule has 5 N–H and O–H groups in total. The van der Waals surface area contributed by atoms with Gasteiger partial charge < -0.3 is 16.6 Å². The molecule has 0 bridgehead atoms. The van der Waals surface area contributed by atoms with Gasteiger partial charge in [0.05, 0.1) is 12.1 Å². The minimum atomic E-state index is -0.569. The molecule has 16 heavy (non-hydrogen) atoms. The van der Waals surface area contributed by atoms with E-state index in [0.29, 0.717) is 17.1 Å². The lowest BCUT2D eigenvalue weighted by atomic mass is 9.97. The van der Waals surface area contributed by atoms with Crippen LogP contribution in [0.3, 0.4) is 0 Å². The van der Waals surface area contributed by atoms with Crippen molar-refractivity contribution in [3.8, 4) is 0 Å². The van der Waals surface area contributed by atoms with Crippen LogP contribution in [0.25, 0.3) is 0 Å². The quantitative estimate of drug-likeness (QED) is 0.695. The molecule has 0 unspecified atom stereocenters. The van der Waals surface area contributed by atoms with E-state index in [1.54, 1.807) is 18.2 Å². The summed E-state index contributed by atoms with van der Waals surface area (Å²) in [7, 11) is 0. The molecule has 0 heterocycles. The summed E-state index contributed by atoms with van der Waals surface area (Å²) in [5.74, 6) is 0. The van der Waals surface area contributed by atoms with Crippen LogP contribution >= 0.6 is 11.6 Å². The lowest BCUT2D eigenvalue weighted by Gasteiger charge is -2.20. The number of hydrogen-bond donors (Lipinski definition) is 3. The van der Waals surface area contributed by atoms with Gasteiger partial charge in [-0.2, -0.15) is 0 Å². The second-order valence-corrected chi connectivity index (χ2v) is 4.45. The van der Waals surface area contributed by atoms with Crippen molar-refractivity contribution in [3.05, 3.63) is 28.8 Å². The fourth-order valence-electron chi connectivity index (χ4n) is 1.63. The summed E-state index contributed by atoms with van der Waals surface area (Å²) in [6.45, 7) is 2.08. The SMILES string of the molecule is CCCC[C@@H](O)[C@@H](N)c1cc(Cl)ccc1N. The second-order valence-electron chi connectivity index (χ2n) is 4.01. The Kier molecular flexibility index (Phi) is 5.06. The molecule has 2 atom stereocenters. The van der Waals surface area contributed by atoms with Crippen LogP contribution in [0.5, 0.6) is 0 Å². The zero-order chi connectivity index (χ0) is 12.1. The number of anilines is 1. The van der Waals surface area contributed by atoms with Gasteiger partial charge in [0, 0.05) is 10.7 Å². The monoisotopic (exact) mass is 242 g/mol. The van der Waals surface area contributed by atoms with Gasteiger partial charge in [-0.25, -0.2) is 0 Å². The molecule has 90 valence electrons. The molecule has 0 saturated heterocycles. The van der Waals surface area contributed by atoms with Crippen LogP contribution in [0.4, 0.5) is 5.69 Å². The highest BCUT2D eigenvalue weighted by atomic mass is 35.5. The summed E-state index contributed by atoms with van der Waals surface area (Å²) in [5.41, 5.74) is 13.1. The summed E-state index contributed by atoms with van der Waals surface area (Å²) in [6, 6.07) is 4.68. The van der Waals surface area contributed by atoms with Crippen LogP contribution in [0, 0.1) is 0 Å². The molecule has 4 heteroatoms. The van der Waals surface area contributed by atoms with Gasteiger partial charge in [-0.15, -0.1) is 0 Å². The lowest BCUT2D eigenvalue weighted by Crippen LogP contribution is -2.26. The summed E-state index contributed by atoms with van der Waals surface area (Å²) >= 11 is 5.88. The minimum absolute atomic E-state index is 0.467. The Bertz CT molecular complexity index is 344. The molecule has 0 aromatic heterocycles. The van der Waals surface area contributed by atoms with Crippen molar-refractivity contribution < 1.29 is 5.11 Å². The number of benzene rings is 1. The maximum absolute atomic E-state index is 9.89. The largest absolute Gasteiger partial charge is 0.398 e. The first-order valence-electron chi connectivity index (χ1n) is 5.54. The van der Waals surface area contributed by atoms with Crippen molar-refractivity contribution in [3.63, 3.8) is 0 Å². The fraction of sp³-hybridized carbons (Fsp3) is 0.500. The average molecular weight is 243 g/mol. The molecule has 0 spiro atoms. The molecular formula is C12H19ClN2O. The zero-order valence-electron chi connectivity index (χ0n) is 9.49. The predicted molar refractivity (Wildman–Crippen MR) is 68.3 cm³/mol. The Balaban J connectivity index is 2.78. The van der Waals surface area contributed by atoms with Crippen LogP contribution in [-0.4, -0.2) is 11.2 Å². The molecule has 1 aromatic carbocycles. The zero-order valence-corrected chi connectivity index (χ0v) is 10.2. The lowest BCUT2D eigenvalue weighted by molar-refractivity contribution is 0.133. The second kappa shape index (κ2) is 6.09. The molecule has 0 amide bonds. The normalized spacial score (nSPS) is 14.8. The van der Waals surface area contributed by atoms with E-state index < -0.39 is 12.1 Å². The maximum atomic E-state index is 9.89. The standard InChI is InChI=1S/C12H19ClN2O/c1-2-3-4-11(16)12(15)9-7-8(13)5-6-10(9)14/h5-7,11-12,16H,2-4,14-15H2,1H3/t11-,12+/m1/s1. The summed E-state index contributed by atoms with van der Waals surface area (Å²) < 4.78 is 0. The van der Waals surface area contributed by atoms with Gasteiger partial charge in [-0.1, -0.05) is 31.4 Å². The number of nitrogens with two attached hydrogens (primary N) is 2. The van der Waals surface area contributed by atoms with Crippen molar-refractivity contribution in [2.45, 2.75) is 38.3 Å². The maximum Gasteiger partial charge on any atom is 0.0733 e. The highest BCUT2D eigenvalue weighted by molar-refractivity contribution is 6.30. The van der Waals surface area contributed by atoms with E-state index in [1.807, 2.05) is 0 Å². The highest BCUT2D eigenvalue weighted by Crippen LogP contribution is 2.26. The van der Waals surface area contributed by atoms with Gasteiger partial charge >= 0.3 is 0 Å². The van der Waals surface area contributed by atoms with E-state index in [0.717, 1.165) is 18.4 Å². The predicted octanol–water partition coefficient (Wildman–Crippen LogP) is 2.47. The topological polar surface area (TPSA) is 72.3 Å². The first-order chi connectivity index (χ1) is 7.56. The Labute approximate surface area is 101 Å². The van der Waals surface area contributed by atoms with Gasteiger partial charge in [-0.05, 0) is 30.2 Å². The molecule has 0 fully saturated rings. The van der Waals surface area contributed by atoms with Crippen molar-refractivity contribution in [1.29, 1.82) is 0 Å². The van der Waals surface area contributed by atoms with E-state index in [2.05, 4.69) is 6.92 Å². The highest BCUT2D eigenvalue weighted by Gasteiger charge is 2.18. The van der Waals surface area contributed by atoms with Gasteiger partial charge in [-0.3, -0.25) is 0 Å². The first-order valence-corrected chi connectivity index (χ1v) is 5.92. The third kappa shape index (κ3) is 3.37. The van der Waals surface area contributed by atoms with E-state index in [-0.39, 0.29) is 0 Å². The van der Waals surface area contributed by atoms with E-state index in [4.69, 9.17) is 23.1 Å². The van der Waals surface area contributed by atoms with Crippen molar-refractivity contribution in [2.24, 2.45) is 5.73 Å². The number of nitrogen functional groups attached to an aromatic ring is 1. The van der Waals surface area contributed by atoms with Crippen LogP contribution in [0.1, 0.15) is 37.8 Å². The smallest absolute Gasteiger partial charge is 0.0733 e. The van der Waals surface area contributed by atoms with Crippen LogP contribution in [0.15, 0.2) is 18.2 Å². The molecule has 0 aliphatic carbocycles. The number of halogens is 1. The Morgan fingerprint density at radius 3 is 2.75 bits per heavy atom. The van der Waals surface area contributed by atoms with Gasteiger partial charge in [0.15, 0.2) is 0 Å². The van der Waals surface area contributed by atoms with E-state index in [1.165, 1.54) is 0 Å². The number of unbranched alkanes of at least 4 members (excludes halogenated alkanes) is 1. The average Bonchev–Trinajstić information content (AvgIpc) is 2.28. The van der Waals surface area contributed by atoms with Crippen molar-refractivity contribution >= 4 is 17.3 Å². The number of rotatable bonds is 5. The third-order valence-corrected chi connectivity index (χ3v) is 2.91. The van der Waals surface area contributed by atoms with Gasteiger partial charge in [0.25, 0.3) is 0 Å². The van der Waals surface area contributed by atoms with E-state index in [9.17, 15) is 5.11 Å². The Morgan fingerprint density at radius 1 is 1.44 bits per heavy atom. The molecule has 1 rings (SSSR count). The van der Waals surface area contributed by atoms with Gasteiger partial charge in [0.1, 0.15) is 0 Å². The summed E-state index contributed by atoms with van der Waals surface area (Å²) in [4.78, 5) is 0. The van der Waals surface area contributed by atoms with Crippen LogP contribution in [-0.2, 0) is 0 Å². The molecule has 0 aliphatic heterocycles. The van der Waals surface area contributed by atoms with Crippen LogP contribution < -0.4 is 11.5 Å². The first kappa shape index (κ1) is 13.3. The summed E-state index contributed by atoms with van der Waals surface area (Å²) in [6.07, 6.45) is 2.11. The molecule has 1 aromatic rings. The molecule has 3 nitrogen and oxygen atoms in total. The molecule has 0 aliphatic rings. The third-order valence-electron chi connectivity index (χ3n) is 2.68. The molecule has 0 saturated carbocycles. The van der Waals surface area contributed by atoms with Crippen molar-refractivity contribution in [1.82, 2.24) is 0 Å². The van der Waals surface area contributed by atoms with Gasteiger partial charge in [0.2, 0.25) is 0 Å².